The van der Waals surface area contributed by atoms with Crippen molar-refractivity contribution in [1.82, 2.24) is 4.90 Å². The molecule has 1 fully saturated rings. The average molecular weight is 386 g/mol. The third-order valence-corrected chi connectivity index (χ3v) is 5.33. The summed E-state index contributed by atoms with van der Waals surface area (Å²) in [6.45, 7) is 6.56. The molecule has 1 saturated heterocycles. The van der Waals surface area contributed by atoms with Gasteiger partial charge in [0.25, 0.3) is 0 Å². The molecule has 0 aliphatic carbocycles. The predicted octanol–water partition coefficient (Wildman–Crippen LogP) is 4.23. The van der Waals surface area contributed by atoms with Gasteiger partial charge in [0.2, 0.25) is 5.91 Å². The number of amides is 1. The van der Waals surface area contributed by atoms with E-state index >= 15 is 0 Å². The van der Waals surface area contributed by atoms with Crippen LogP contribution >= 0.6 is 11.6 Å². The first-order chi connectivity index (χ1) is 12.8. The molecule has 0 bridgehead atoms. The molecule has 1 amide bonds. The van der Waals surface area contributed by atoms with Crippen LogP contribution in [0.25, 0.3) is 0 Å². The molecule has 0 saturated carbocycles. The van der Waals surface area contributed by atoms with Gasteiger partial charge in [-0.25, -0.2) is 4.79 Å². The third-order valence-electron chi connectivity index (χ3n) is 5.08. The summed E-state index contributed by atoms with van der Waals surface area (Å²) >= 11 is 5.87. The van der Waals surface area contributed by atoms with Crippen LogP contribution in [0.2, 0.25) is 5.02 Å². The summed E-state index contributed by atoms with van der Waals surface area (Å²) < 4.78 is 5.47. The van der Waals surface area contributed by atoms with Crippen LogP contribution in [0.1, 0.15) is 35.6 Å². The fourth-order valence-electron chi connectivity index (χ4n) is 3.50. The van der Waals surface area contributed by atoms with E-state index in [9.17, 15) is 9.59 Å². The van der Waals surface area contributed by atoms with Crippen LogP contribution < -0.4 is 0 Å². The zero-order valence-corrected chi connectivity index (χ0v) is 16.7. The van der Waals surface area contributed by atoms with Crippen molar-refractivity contribution in [1.29, 1.82) is 0 Å². The Morgan fingerprint density at radius 2 is 1.70 bits per heavy atom. The second-order valence-corrected chi connectivity index (χ2v) is 7.88. The summed E-state index contributed by atoms with van der Waals surface area (Å²) in [7, 11) is 0. The van der Waals surface area contributed by atoms with Crippen LogP contribution in [0, 0.1) is 13.8 Å². The number of benzene rings is 2. The highest BCUT2D eigenvalue weighted by Crippen LogP contribution is 2.32. The lowest BCUT2D eigenvalue weighted by molar-refractivity contribution is -0.174. The second kappa shape index (κ2) is 7.73. The van der Waals surface area contributed by atoms with Crippen molar-refractivity contribution in [2.24, 2.45) is 0 Å². The van der Waals surface area contributed by atoms with Crippen LogP contribution in [0.5, 0.6) is 0 Å². The molecular weight excluding hydrogens is 362 g/mol. The molecule has 4 nitrogen and oxygen atoms in total. The molecule has 3 rings (SSSR count). The summed E-state index contributed by atoms with van der Waals surface area (Å²) in [6.07, 6.45) is 0.910. The minimum Gasteiger partial charge on any atom is -0.459 e. The van der Waals surface area contributed by atoms with E-state index < -0.39 is 5.54 Å². The van der Waals surface area contributed by atoms with Crippen molar-refractivity contribution in [2.45, 2.75) is 45.8 Å². The maximum absolute atomic E-state index is 12.8. The largest absolute Gasteiger partial charge is 0.459 e. The highest BCUT2D eigenvalue weighted by atomic mass is 35.5. The van der Waals surface area contributed by atoms with Crippen molar-refractivity contribution in [3.05, 3.63) is 69.7 Å². The Balaban J connectivity index is 1.62. The number of aryl methyl sites for hydroxylation is 2. The van der Waals surface area contributed by atoms with E-state index in [1.165, 1.54) is 0 Å². The average Bonchev–Trinajstić information content (AvgIpc) is 2.58. The van der Waals surface area contributed by atoms with Crippen molar-refractivity contribution >= 4 is 23.5 Å². The molecule has 2 aromatic carbocycles. The van der Waals surface area contributed by atoms with Gasteiger partial charge in [-0.3, -0.25) is 4.79 Å². The minimum atomic E-state index is -0.887. The van der Waals surface area contributed by atoms with Gasteiger partial charge in [-0.05, 0) is 50.5 Å². The van der Waals surface area contributed by atoms with Gasteiger partial charge in [0.1, 0.15) is 12.1 Å². The quantitative estimate of drug-likeness (QED) is 0.723. The van der Waals surface area contributed by atoms with Gasteiger partial charge >= 0.3 is 5.97 Å². The first-order valence-corrected chi connectivity index (χ1v) is 9.45. The molecule has 1 heterocycles. The van der Waals surface area contributed by atoms with E-state index in [1.807, 2.05) is 38.1 Å². The van der Waals surface area contributed by atoms with Gasteiger partial charge in [-0.1, -0.05) is 53.1 Å². The van der Waals surface area contributed by atoms with Crippen molar-refractivity contribution in [3.8, 4) is 0 Å². The molecule has 142 valence electrons. The number of hydrogen-bond donors (Lipinski definition) is 0. The van der Waals surface area contributed by atoms with Crippen LogP contribution in [-0.4, -0.2) is 28.9 Å². The third kappa shape index (κ3) is 4.33. The van der Waals surface area contributed by atoms with Crippen LogP contribution in [-0.2, 0) is 27.4 Å². The molecule has 5 heteroatoms. The van der Waals surface area contributed by atoms with Crippen LogP contribution in [0.4, 0.5) is 0 Å². The van der Waals surface area contributed by atoms with Gasteiger partial charge in [0.05, 0.1) is 6.42 Å². The standard InChI is InChI=1S/C22H24ClNO3/c1-15-10-16(2)12-18(11-15)13-20(25)24-9-8-22(24,3)21(26)27-14-17-4-6-19(23)7-5-17/h4-7,10-12H,8-9,13-14H2,1-3H3. The number of carbonyl (C=O) groups excluding carboxylic acids is 2. The molecule has 0 N–H and O–H groups in total. The second-order valence-electron chi connectivity index (χ2n) is 7.44. The summed E-state index contributed by atoms with van der Waals surface area (Å²) in [5.41, 5.74) is 3.21. The Hall–Kier alpha value is -2.33. The molecule has 0 spiro atoms. The van der Waals surface area contributed by atoms with E-state index in [-0.39, 0.29) is 18.5 Å². The normalized spacial score (nSPS) is 18.7. The van der Waals surface area contributed by atoms with E-state index in [0.717, 1.165) is 22.3 Å². The number of carbonyl (C=O) groups is 2. The first kappa shape index (κ1) is 19.4. The number of nitrogens with zero attached hydrogens (tertiary/aromatic N) is 1. The topological polar surface area (TPSA) is 46.6 Å². The van der Waals surface area contributed by atoms with Gasteiger partial charge in [0, 0.05) is 11.6 Å². The number of ether oxygens (including phenoxy) is 1. The molecule has 1 unspecified atom stereocenters. The highest BCUT2D eigenvalue weighted by molar-refractivity contribution is 6.30. The van der Waals surface area contributed by atoms with Crippen LogP contribution in [0.3, 0.4) is 0 Å². The molecule has 1 aliphatic heterocycles. The maximum atomic E-state index is 12.8. The van der Waals surface area contributed by atoms with Crippen molar-refractivity contribution < 1.29 is 14.3 Å². The summed E-state index contributed by atoms with van der Waals surface area (Å²) in [4.78, 5) is 27.0. The molecule has 1 aliphatic rings. The van der Waals surface area contributed by atoms with Gasteiger partial charge in [0.15, 0.2) is 0 Å². The Bertz CT molecular complexity index is 842. The van der Waals surface area contributed by atoms with Gasteiger partial charge < -0.3 is 9.64 Å². The number of hydrogen-bond acceptors (Lipinski definition) is 3. The summed E-state index contributed by atoms with van der Waals surface area (Å²) in [5.74, 6) is -0.408. The first-order valence-electron chi connectivity index (χ1n) is 9.07. The van der Waals surface area contributed by atoms with Crippen molar-refractivity contribution in [3.63, 3.8) is 0 Å². The summed E-state index contributed by atoms with van der Waals surface area (Å²) in [5, 5.41) is 0.638. The Kier molecular flexibility index (Phi) is 5.56. The molecule has 1 atom stereocenters. The predicted molar refractivity (Wildman–Crippen MR) is 106 cm³/mol. The fourth-order valence-corrected chi connectivity index (χ4v) is 3.62. The molecule has 27 heavy (non-hydrogen) atoms. The number of halogens is 1. The lowest BCUT2D eigenvalue weighted by Gasteiger charge is -2.48. The number of esters is 1. The molecule has 0 radical (unpaired) electrons. The molecule has 2 aromatic rings. The Morgan fingerprint density at radius 1 is 1.07 bits per heavy atom. The minimum absolute atomic E-state index is 0.0443. The zero-order chi connectivity index (χ0) is 19.6. The monoisotopic (exact) mass is 385 g/mol. The van der Waals surface area contributed by atoms with Gasteiger partial charge in [-0.15, -0.1) is 0 Å². The van der Waals surface area contributed by atoms with E-state index in [4.69, 9.17) is 16.3 Å². The number of rotatable bonds is 5. The lowest BCUT2D eigenvalue weighted by Crippen LogP contribution is -2.65. The maximum Gasteiger partial charge on any atom is 0.332 e. The van der Waals surface area contributed by atoms with E-state index in [1.54, 1.807) is 24.0 Å². The molecule has 0 aromatic heterocycles. The van der Waals surface area contributed by atoms with E-state index in [0.29, 0.717) is 24.4 Å². The lowest BCUT2D eigenvalue weighted by atomic mass is 9.86. The smallest absolute Gasteiger partial charge is 0.332 e. The van der Waals surface area contributed by atoms with Crippen molar-refractivity contribution in [2.75, 3.05) is 6.54 Å². The number of likely N-dealkylation sites (tertiary alicyclic amines) is 1. The molecular formula is C22H24ClNO3. The Morgan fingerprint density at radius 3 is 2.26 bits per heavy atom. The fraction of sp³-hybridized carbons (Fsp3) is 0.364. The summed E-state index contributed by atoms with van der Waals surface area (Å²) in [6, 6.07) is 13.3. The van der Waals surface area contributed by atoms with Crippen LogP contribution in [0.15, 0.2) is 42.5 Å². The van der Waals surface area contributed by atoms with E-state index in [2.05, 4.69) is 6.07 Å². The highest BCUT2D eigenvalue weighted by Gasteiger charge is 2.50. The Labute approximate surface area is 165 Å². The SMILES string of the molecule is Cc1cc(C)cc(CC(=O)N2CCC2(C)C(=O)OCc2ccc(Cl)cc2)c1. The van der Waals surface area contributed by atoms with Gasteiger partial charge in [-0.2, -0.15) is 0 Å². The zero-order valence-electron chi connectivity index (χ0n) is 15.9.